The molecule has 0 radical (unpaired) electrons. The monoisotopic (exact) mass is 282 g/mol. The summed E-state index contributed by atoms with van der Waals surface area (Å²) < 4.78 is 0. The first kappa shape index (κ1) is 15.3. The maximum atomic E-state index is 11.8. The van der Waals surface area contributed by atoms with Crippen LogP contribution < -0.4 is 5.32 Å². The average molecular weight is 282 g/mol. The highest BCUT2D eigenvalue weighted by molar-refractivity contribution is 5.77. The van der Waals surface area contributed by atoms with Gasteiger partial charge in [0.2, 0.25) is 5.91 Å². The number of aryl methyl sites for hydroxylation is 1. The van der Waals surface area contributed by atoms with Gasteiger partial charge in [0.1, 0.15) is 0 Å². The molecule has 1 unspecified atom stereocenters. The van der Waals surface area contributed by atoms with Crippen molar-refractivity contribution in [1.29, 1.82) is 0 Å². The first-order chi connectivity index (χ1) is 10.1. The van der Waals surface area contributed by atoms with Gasteiger partial charge in [-0.25, -0.2) is 0 Å². The van der Waals surface area contributed by atoms with Gasteiger partial charge in [0.15, 0.2) is 0 Å². The van der Waals surface area contributed by atoms with Crippen LogP contribution in [0.25, 0.3) is 0 Å². The highest BCUT2D eigenvalue weighted by atomic mass is 16.2. The number of benzene rings is 2. The Morgan fingerprint density at radius 1 is 1.00 bits per heavy atom. The maximum Gasteiger partial charge on any atom is 0.236 e. The van der Waals surface area contributed by atoms with Gasteiger partial charge in [-0.2, -0.15) is 0 Å². The zero-order valence-electron chi connectivity index (χ0n) is 12.8. The molecule has 1 N–H and O–H groups in total. The van der Waals surface area contributed by atoms with Gasteiger partial charge in [0.05, 0.1) is 12.6 Å². The lowest BCUT2D eigenvalue weighted by Gasteiger charge is -2.21. The fourth-order valence-electron chi connectivity index (χ4n) is 2.18. The van der Waals surface area contributed by atoms with E-state index < -0.39 is 0 Å². The standard InChI is InChI=1S/C18H22N2O/c1-14-9-11-16(12-10-14)18(15-7-5-4-6-8-15)19-13-17(21)20(2)3/h4-12,18-19H,13H2,1-3H3. The van der Waals surface area contributed by atoms with E-state index in [9.17, 15) is 4.79 Å². The van der Waals surface area contributed by atoms with E-state index in [4.69, 9.17) is 0 Å². The minimum Gasteiger partial charge on any atom is -0.348 e. The van der Waals surface area contributed by atoms with Crippen LogP contribution in [0, 0.1) is 6.92 Å². The third kappa shape index (κ3) is 4.17. The van der Waals surface area contributed by atoms with Gasteiger partial charge < -0.3 is 4.90 Å². The highest BCUT2D eigenvalue weighted by Gasteiger charge is 2.15. The predicted octanol–water partition coefficient (Wildman–Crippen LogP) is 2.76. The van der Waals surface area contributed by atoms with Gasteiger partial charge in [-0.1, -0.05) is 60.2 Å². The van der Waals surface area contributed by atoms with Crippen molar-refractivity contribution in [2.75, 3.05) is 20.6 Å². The van der Waals surface area contributed by atoms with Crippen LogP contribution in [0.1, 0.15) is 22.7 Å². The molecule has 2 aromatic carbocycles. The summed E-state index contributed by atoms with van der Waals surface area (Å²) in [4.78, 5) is 13.4. The van der Waals surface area contributed by atoms with Crippen molar-refractivity contribution in [2.45, 2.75) is 13.0 Å². The molecule has 0 bridgehead atoms. The summed E-state index contributed by atoms with van der Waals surface area (Å²) in [6.07, 6.45) is 0. The highest BCUT2D eigenvalue weighted by Crippen LogP contribution is 2.22. The molecule has 0 fully saturated rings. The SMILES string of the molecule is Cc1ccc(C(NCC(=O)N(C)C)c2ccccc2)cc1. The van der Waals surface area contributed by atoms with E-state index >= 15 is 0 Å². The lowest BCUT2D eigenvalue weighted by Crippen LogP contribution is -2.35. The molecule has 3 heteroatoms. The number of carbonyl (C=O) groups excluding carboxylic acids is 1. The van der Waals surface area contributed by atoms with Crippen molar-refractivity contribution < 1.29 is 4.79 Å². The second kappa shape index (κ2) is 7.04. The number of carbonyl (C=O) groups is 1. The first-order valence-electron chi connectivity index (χ1n) is 7.13. The van der Waals surface area contributed by atoms with E-state index in [2.05, 4.69) is 48.6 Å². The molecule has 2 aromatic rings. The molecule has 0 heterocycles. The zero-order chi connectivity index (χ0) is 15.2. The Kier molecular flexibility index (Phi) is 5.12. The van der Waals surface area contributed by atoms with Crippen molar-refractivity contribution in [3.8, 4) is 0 Å². The van der Waals surface area contributed by atoms with Gasteiger partial charge in [-0.05, 0) is 18.1 Å². The number of amides is 1. The molecule has 0 aliphatic rings. The predicted molar refractivity (Wildman–Crippen MR) is 86.2 cm³/mol. The zero-order valence-corrected chi connectivity index (χ0v) is 12.8. The largest absolute Gasteiger partial charge is 0.348 e. The summed E-state index contributed by atoms with van der Waals surface area (Å²) in [6, 6.07) is 18.6. The molecule has 0 aromatic heterocycles. The number of nitrogens with one attached hydrogen (secondary N) is 1. The lowest BCUT2D eigenvalue weighted by molar-refractivity contribution is -0.127. The van der Waals surface area contributed by atoms with Crippen LogP contribution >= 0.6 is 0 Å². The maximum absolute atomic E-state index is 11.8. The molecule has 3 nitrogen and oxygen atoms in total. The molecule has 1 atom stereocenters. The van der Waals surface area contributed by atoms with Gasteiger partial charge >= 0.3 is 0 Å². The van der Waals surface area contributed by atoms with Crippen LogP contribution in [0.5, 0.6) is 0 Å². The molecule has 0 saturated heterocycles. The Labute approximate surface area is 126 Å². The molecule has 110 valence electrons. The number of rotatable bonds is 5. The third-order valence-electron chi connectivity index (χ3n) is 3.50. The molecule has 0 spiro atoms. The average Bonchev–Trinajstić information content (AvgIpc) is 2.50. The second-order valence-electron chi connectivity index (χ2n) is 5.42. The molecular weight excluding hydrogens is 260 g/mol. The summed E-state index contributed by atoms with van der Waals surface area (Å²) in [5.41, 5.74) is 3.56. The van der Waals surface area contributed by atoms with E-state index in [1.165, 1.54) is 11.1 Å². The minimum atomic E-state index is 0.0238. The van der Waals surface area contributed by atoms with E-state index in [1.807, 2.05) is 18.2 Å². The van der Waals surface area contributed by atoms with Crippen LogP contribution in [-0.2, 0) is 4.79 Å². The Bertz CT molecular complexity index is 576. The van der Waals surface area contributed by atoms with Crippen LogP contribution in [0.3, 0.4) is 0 Å². The first-order valence-corrected chi connectivity index (χ1v) is 7.13. The van der Waals surface area contributed by atoms with Gasteiger partial charge in [0.25, 0.3) is 0 Å². The van der Waals surface area contributed by atoms with Crippen molar-refractivity contribution in [2.24, 2.45) is 0 Å². The number of hydrogen-bond donors (Lipinski definition) is 1. The summed E-state index contributed by atoms with van der Waals surface area (Å²) >= 11 is 0. The summed E-state index contributed by atoms with van der Waals surface area (Å²) in [5.74, 6) is 0.0723. The minimum absolute atomic E-state index is 0.0238. The lowest BCUT2D eigenvalue weighted by atomic mass is 9.98. The van der Waals surface area contributed by atoms with Crippen molar-refractivity contribution >= 4 is 5.91 Å². The Hall–Kier alpha value is -2.13. The van der Waals surface area contributed by atoms with Crippen LogP contribution in [-0.4, -0.2) is 31.4 Å². The van der Waals surface area contributed by atoms with Crippen molar-refractivity contribution in [3.63, 3.8) is 0 Å². The normalized spacial score (nSPS) is 12.0. The molecule has 1 amide bonds. The van der Waals surface area contributed by atoms with Gasteiger partial charge in [-0.3, -0.25) is 10.1 Å². The van der Waals surface area contributed by atoms with Crippen LogP contribution in [0.4, 0.5) is 0 Å². The molecule has 2 rings (SSSR count). The van der Waals surface area contributed by atoms with E-state index in [1.54, 1.807) is 19.0 Å². The molecular formula is C18H22N2O. The number of hydrogen-bond acceptors (Lipinski definition) is 2. The Balaban J connectivity index is 2.23. The fraction of sp³-hybridized carbons (Fsp3) is 0.278. The topological polar surface area (TPSA) is 32.3 Å². The summed E-state index contributed by atoms with van der Waals surface area (Å²) in [7, 11) is 3.54. The van der Waals surface area contributed by atoms with Crippen molar-refractivity contribution in [1.82, 2.24) is 10.2 Å². The Morgan fingerprint density at radius 3 is 2.14 bits per heavy atom. The quantitative estimate of drug-likeness (QED) is 0.914. The molecule has 0 saturated carbocycles. The van der Waals surface area contributed by atoms with Crippen molar-refractivity contribution in [3.05, 3.63) is 71.3 Å². The van der Waals surface area contributed by atoms with E-state index in [-0.39, 0.29) is 11.9 Å². The van der Waals surface area contributed by atoms with Gasteiger partial charge in [0, 0.05) is 14.1 Å². The smallest absolute Gasteiger partial charge is 0.236 e. The third-order valence-corrected chi connectivity index (χ3v) is 3.50. The number of likely N-dealkylation sites (N-methyl/N-ethyl adjacent to an activating group) is 1. The summed E-state index contributed by atoms with van der Waals surface area (Å²) in [6.45, 7) is 2.39. The molecule has 21 heavy (non-hydrogen) atoms. The second-order valence-corrected chi connectivity index (χ2v) is 5.42. The van der Waals surface area contributed by atoms with Crippen LogP contribution in [0.2, 0.25) is 0 Å². The molecule has 0 aliphatic heterocycles. The van der Waals surface area contributed by atoms with Gasteiger partial charge in [-0.15, -0.1) is 0 Å². The molecule has 0 aliphatic carbocycles. The van der Waals surface area contributed by atoms with Crippen LogP contribution in [0.15, 0.2) is 54.6 Å². The van der Waals surface area contributed by atoms with E-state index in [0.717, 1.165) is 5.56 Å². The fourth-order valence-corrected chi connectivity index (χ4v) is 2.18. The van der Waals surface area contributed by atoms with E-state index in [0.29, 0.717) is 6.54 Å². The number of nitrogens with zero attached hydrogens (tertiary/aromatic N) is 1. The Morgan fingerprint density at radius 2 is 1.57 bits per heavy atom. The summed E-state index contributed by atoms with van der Waals surface area (Å²) in [5, 5.41) is 3.36.